The molecule has 19 heavy (non-hydrogen) atoms. The molecule has 0 saturated carbocycles. The molecule has 1 aromatic carbocycles. The summed E-state index contributed by atoms with van der Waals surface area (Å²) in [5.74, 6) is -0.716. The smallest absolute Gasteiger partial charge is 0.244 e. The molecule has 0 aliphatic carbocycles. The van der Waals surface area contributed by atoms with Crippen LogP contribution >= 0.6 is 11.6 Å². The third-order valence-corrected chi connectivity index (χ3v) is 2.84. The van der Waals surface area contributed by atoms with E-state index in [2.05, 4.69) is 5.32 Å². The number of aliphatic hydroxyl groups excluding tert-OH is 1. The second kappa shape index (κ2) is 7.92. The van der Waals surface area contributed by atoms with Gasteiger partial charge in [-0.3, -0.25) is 4.79 Å². The van der Waals surface area contributed by atoms with Crippen LogP contribution in [0.5, 0.6) is 0 Å². The van der Waals surface area contributed by atoms with Crippen LogP contribution in [-0.2, 0) is 4.79 Å². The highest BCUT2D eigenvalue weighted by Gasteiger charge is 2.04. The Balaban J connectivity index is 2.51. The molecule has 0 aliphatic rings. The number of hydrogen-bond donors (Lipinski definition) is 2. The highest BCUT2D eigenvalue weighted by molar-refractivity contribution is 6.30. The summed E-state index contributed by atoms with van der Waals surface area (Å²) in [5.41, 5.74) is 0.657. The molecule has 104 valence electrons. The van der Waals surface area contributed by atoms with Gasteiger partial charge in [0.1, 0.15) is 5.82 Å². The minimum Gasteiger partial charge on any atom is -0.396 e. The van der Waals surface area contributed by atoms with E-state index in [-0.39, 0.29) is 23.6 Å². The van der Waals surface area contributed by atoms with Crippen molar-refractivity contribution in [3.05, 3.63) is 40.7 Å². The van der Waals surface area contributed by atoms with Crippen LogP contribution in [0.2, 0.25) is 5.02 Å². The van der Waals surface area contributed by atoms with Gasteiger partial charge in [0, 0.05) is 18.7 Å². The second-order valence-corrected chi connectivity index (χ2v) is 4.69. The molecular formula is C14H17ClFNO2. The standard InChI is InChI=1S/C14H17ClFNO2/c1-10(3-2-8-18)17-14(19)7-5-11-4-6-13(16)12(15)9-11/h4-7,9-10,18H,2-3,8H2,1H3,(H,17,19). The Morgan fingerprint density at radius 1 is 1.58 bits per heavy atom. The molecule has 1 unspecified atom stereocenters. The first kappa shape index (κ1) is 15.7. The molecule has 0 spiro atoms. The quantitative estimate of drug-likeness (QED) is 0.790. The van der Waals surface area contributed by atoms with E-state index in [9.17, 15) is 9.18 Å². The van der Waals surface area contributed by atoms with E-state index >= 15 is 0 Å². The fraction of sp³-hybridized carbons (Fsp3) is 0.357. The monoisotopic (exact) mass is 285 g/mol. The molecule has 0 aliphatic heterocycles. The van der Waals surface area contributed by atoms with Gasteiger partial charge >= 0.3 is 0 Å². The molecule has 0 fully saturated rings. The summed E-state index contributed by atoms with van der Waals surface area (Å²) in [4.78, 5) is 11.6. The lowest BCUT2D eigenvalue weighted by Crippen LogP contribution is -2.31. The molecule has 0 bridgehead atoms. The molecule has 0 saturated heterocycles. The number of halogens is 2. The van der Waals surface area contributed by atoms with Crippen molar-refractivity contribution >= 4 is 23.6 Å². The van der Waals surface area contributed by atoms with Crippen LogP contribution in [0.3, 0.4) is 0 Å². The van der Waals surface area contributed by atoms with Crippen LogP contribution in [0.1, 0.15) is 25.3 Å². The number of nitrogens with one attached hydrogen (secondary N) is 1. The highest BCUT2D eigenvalue weighted by atomic mass is 35.5. The number of carbonyl (C=O) groups excluding carboxylic acids is 1. The van der Waals surface area contributed by atoms with Crippen LogP contribution in [0.15, 0.2) is 24.3 Å². The average Bonchev–Trinajstić information content (AvgIpc) is 2.38. The lowest BCUT2D eigenvalue weighted by molar-refractivity contribution is -0.117. The lowest BCUT2D eigenvalue weighted by Gasteiger charge is -2.11. The molecule has 5 heteroatoms. The average molecular weight is 286 g/mol. The van der Waals surface area contributed by atoms with Gasteiger partial charge in [0.05, 0.1) is 5.02 Å². The predicted octanol–water partition coefficient (Wildman–Crippen LogP) is 2.77. The Kier molecular flexibility index (Phi) is 6.53. The maximum atomic E-state index is 12.9. The molecule has 1 atom stereocenters. The van der Waals surface area contributed by atoms with E-state index < -0.39 is 5.82 Å². The fourth-order valence-corrected chi connectivity index (χ4v) is 1.74. The van der Waals surface area contributed by atoms with Gasteiger partial charge in [0.2, 0.25) is 5.91 Å². The zero-order valence-electron chi connectivity index (χ0n) is 10.7. The van der Waals surface area contributed by atoms with Crippen LogP contribution in [0.4, 0.5) is 4.39 Å². The molecule has 3 nitrogen and oxygen atoms in total. The van der Waals surface area contributed by atoms with E-state index in [1.54, 1.807) is 12.1 Å². The summed E-state index contributed by atoms with van der Waals surface area (Å²) in [6.07, 6.45) is 4.32. The van der Waals surface area contributed by atoms with Gasteiger partial charge < -0.3 is 10.4 Å². The highest BCUT2D eigenvalue weighted by Crippen LogP contribution is 2.16. The van der Waals surface area contributed by atoms with Crippen molar-refractivity contribution in [2.75, 3.05) is 6.61 Å². The summed E-state index contributed by atoms with van der Waals surface area (Å²) in [7, 11) is 0. The number of aliphatic hydroxyl groups is 1. The van der Waals surface area contributed by atoms with Crippen molar-refractivity contribution in [3.8, 4) is 0 Å². The van der Waals surface area contributed by atoms with Crippen LogP contribution in [0.25, 0.3) is 6.08 Å². The van der Waals surface area contributed by atoms with E-state index in [1.165, 1.54) is 18.2 Å². The van der Waals surface area contributed by atoms with Gasteiger partial charge in [0.25, 0.3) is 0 Å². The van der Waals surface area contributed by atoms with Gasteiger partial charge in [0.15, 0.2) is 0 Å². The minimum atomic E-state index is -0.485. The largest absolute Gasteiger partial charge is 0.396 e. The fourth-order valence-electron chi connectivity index (χ4n) is 1.55. The van der Waals surface area contributed by atoms with Crippen molar-refractivity contribution in [2.24, 2.45) is 0 Å². The Hall–Kier alpha value is -1.39. The number of amides is 1. The molecular weight excluding hydrogens is 269 g/mol. The SMILES string of the molecule is CC(CCCO)NC(=O)C=Cc1ccc(F)c(Cl)c1. The van der Waals surface area contributed by atoms with Gasteiger partial charge in [-0.25, -0.2) is 4.39 Å². The van der Waals surface area contributed by atoms with Gasteiger partial charge in [-0.05, 0) is 43.5 Å². The van der Waals surface area contributed by atoms with Crippen molar-refractivity contribution < 1.29 is 14.3 Å². The number of hydrogen-bond acceptors (Lipinski definition) is 2. The predicted molar refractivity (Wildman–Crippen MR) is 74.4 cm³/mol. The molecule has 2 N–H and O–H groups in total. The summed E-state index contributed by atoms with van der Waals surface area (Å²) in [6, 6.07) is 4.25. The number of rotatable bonds is 6. The Bertz CT molecular complexity index is 463. The van der Waals surface area contributed by atoms with Gasteiger partial charge in [-0.2, -0.15) is 0 Å². The Morgan fingerprint density at radius 3 is 2.95 bits per heavy atom. The summed E-state index contributed by atoms with van der Waals surface area (Å²) < 4.78 is 12.9. The van der Waals surface area contributed by atoms with Gasteiger partial charge in [-0.1, -0.05) is 17.7 Å². The summed E-state index contributed by atoms with van der Waals surface area (Å²) in [5, 5.41) is 11.5. The second-order valence-electron chi connectivity index (χ2n) is 4.28. The van der Waals surface area contributed by atoms with Crippen molar-refractivity contribution in [2.45, 2.75) is 25.8 Å². The van der Waals surface area contributed by atoms with E-state index in [1.807, 2.05) is 6.92 Å². The molecule has 0 heterocycles. The minimum absolute atomic E-state index is 0.00102. The van der Waals surface area contributed by atoms with E-state index in [0.717, 1.165) is 6.42 Å². The van der Waals surface area contributed by atoms with E-state index in [0.29, 0.717) is 12.0 Å². The zero-order chi connectivity index (χ0) is 14.3. The van der Waals surface area contributed by atoms with Crippen LogP contribution in [0, 0.1) is 5.82 Å². The Morgan fingerprint density at radius 2 is 2.32 bits per heavy atom. The Labute approximate surface area is 117 Å². The third-order valence-electron chi connectivity index (χ3n) is 2.55. The lowest BCUT2D eigenvalue weighted by atomic mass is 10.2. The topological polar surface area (TPSA) is 49.3 Å². The summed E-state index contributed by atoms with van der Waals surface area (Å²) >= 11 is 5.64. The van der Waals surface area contributed by atoms with Crippen molar-refractivity contribution in [3.63, 3.8) is 0 Å². The molecule has 0 radical (unpaired) electrons. The first-order valence-corrected chi connectivity index (χ1v) is 6.45. The first-order chi connectivity index (χ1) is 9.02. The maximum Gasteiger partial charge on any atom is 0.244 e. The van der Waals surface area contributed by atoms with E-state index in [4.69, 9.17) is 16.7 Å². The number of benzene rings is 1. The number of carbonyl (C=O) groups is 1. The maximum absolute atomic E-state index is 12.9. The normalized spacial score (nSPS) is 12.6. The molecule has 1 rings (SSSR count). The first-order valence-electron chi connectivity index (χ1n) is 6.07. The molecule has 1 amide bonds. The third kappa shape index (κ3) is 5.85. The van der Waals surface area contributed by atoms with Crippen LogP contribution in [-0.4, -0.2) is 23.7 Å². The van der Waals surface area contributed by atoms with Crippen LogP contribution < -0.4 is 5.32 Å². The summed E-state index contributed by atoms with van der Waals surface area (Å²) in [6.45, 7) is 1.99. The van der Waals surface area contributed by atoms with Crippen molar-refractivity contribution in [1.29, 1.82) is 0 Å². The van der Waals surface area contributed by atoms with Gasteiger partial charge in [-0.15, -0.1) is 0 Å². The zero-order valence-corrected chi connectivity index (χ0v) is 11.5. The molecule has 0 aromatic heterocycles. The molecule has 1 aromatic rings. The van der Waals surface area contributed by atoms with Crippen molar-refractivity contribution in [1.82, 2.24) is 5.32 Å².